The molecule has 0 aromatic carbocycles. The van der Waals surface area contributed by atoms with E-state index < -0.39 is 0 Å². The molecule has 1 saturated heterocycles. The normalized spacial score (nSPS) is 20.1. The van der Waals surface area contributed by atoms with Crippen LogP contribution in [0.1, 0.15) is 29.4 Å². The Morgan fingerprint density at radius 3 is 3.05 bits per heavy atom. The molecule has 7 heteroatoms. The van der Waals surface area contributed by atoms with E-state index in [1.165, 1.54) is 11.3 Å². The molecule has 6 nitrogen and oxygen atoms in total. The maximum Gasteiger partial charge on any atom is 0.263 e. The first-order chi connectivity index (χ1) is 9.66. The van der Waals surface area contributed by atoms with Gasteiger partial charge >= 0.3 is 0 Å². The molecule has 3 heterocycles. The van der Waals surface area contributed by atoms with Crippen molar-refractivity contribution in [2.24, 2.45) is 0 Å². The fourth-order valence-electron chi connectivity index (χ4n) is 2.37. The number of carbonyl (C=O) groups excluding carboxylic acids is 1. The summed E-state index contributed by atoms with van der Waals surface area (Å²) in [6.45, 7) is 2.72. The number of nitrogens with zero attached hydrogens (tertiary/aromatic N) is 2. The Hall–Kier alpha value is -1.73. The smallest absolute Gasteiger partial charge is 0.263 e. The summed E-state index contributed by atoms with van der Waals surface area (Å²) >= 11 is 1.27. The number of nitrogens with two attached hydrogens (primary N) is 1. The van der Waals surface area contributed by atoms with Gasteiger partial charge in [-0.2, -0.15) is 0 Å². The summed E-state index contributed by atoms with van der Waals surface area (Å²) in [5.74, 6) is -0.185. The van der Waals surface area contributed by atoms with Crippen LogP contribution in [0, 0.1) is 0 Å². The van der Waals surface area contributed by atoms with Gasteiger partial charge in [-0.15, -0.1) is 11.3 Å². The van der Waals surface area contributed by atoms with E-state index >= 15 is 0 Å². The van der Waals surface area contributed by atoms with E-state index in [4.69, 9.17) is 10.5 Å². The van der Waals surface area contributed by atoms with E-state index in [1.807, 2.05) is 6.92 Å². The lowest BCUT2D eigenvalue weighted by atomic mass is 10.1. The van der Waals surface area contributed by atoms with Gasteiger partial charge in [-0.3, -0.25) is 4.79 Å². The Kier molecular flexibility index (Phi) is 3.54. The van der Waals surface area contributed by atoms with Crippen molar-refractivity contribution in [1.82, 2.24) is 15.3 Å². The summed E-state index contributed by atoms with van der Waals surface area (Å²) in [7, 11) is 0. The van der Waals surface area contributed by atoms with E-state index in [2.05, 4.69) is 15.3 Å². The predicted molar refractivity (Wildman–Crippen MR) is 77.7 cm³/mol. The quantitative estimate of drug-likeness (QED) is 0.896. The van der Waals surface area contributed by atoms with Crippen molar-refractivity contribution in [2.75, 3.05) is 12.3 Å². The van der Waals surface area contributed by atoms with Crippen LogP contribution in [-0.2, 0) is 4.74 Å². The molecular formula is C13H16N4O2S. The number of anilines is 1. The molecule has 106 valence electrons. The number of rotatable bonds is 3. The van der Waals surface area contributed by atoms with Gasteiger partial charge in [0.05, 0.1) is 17.8 Å². The Labute approximate surface area is 120 Å². The van der Waals surface area contributed by atoms with E-state index in [0.29, 0.717) is 20.9 Å². The van der Waals surface area contributed by atoms with Crippen LogP contribution in [0.15, 0.2) is 12.4 Å². The average Bonchev–Trinajstić information content (AvgIpc) is 3.07. The lowest BCUT2D eigenvalue weighted by Crippen LogP contribution is -2.40. The molecule has 0 aliphatic carbocycles. The SMILES string of the molecule is CC(NC(=O)c1sc2nccnc2c1N)C1CCCO1. The molecule has 3 N–H and O–H groups in total. The van der Waals surface area contributed by atoms with E-state index in [1.54, 1.807) is 12.4 Å². The minimum Gasteiger partial charge on any atom is -0.396 e. The highest BCUT2D eigenvalue weighted by Crippen LogP contribution is 2.30. The third-order valence-corrected chi connectivity index (χ3v) is 4.55. The van der Waals surface area contributed by atoms with Crippen LogP contribution in [0.3, 0.4) is 0 Å². The van der Waals surface area contributed by atoms with Crippen LogP contribution in [0.2, 0.25) is 0 Å². The van der Waals surface area contributed by atoms with Gasteiger partial charge in [0.25, 0.3) is 5.91 Å². The third kappa shape index (κ3) is 2.34. The second-order valence-corrected chi connectivity index (χ2v) is 5.87. The standard InChI is InChI=1S/C13H16N4O2S/c1-7(8-3-2-6-19-8)17-12(18)11-9(14)10-13(20-11)16-5-4-15-10/h4-5,7-8H,2-3,6,14H2,1H3,(H,17,18). The van der Waals surface area contributed by atoms with Gasteiger partial charge in [0.15, 0.2) is 0 Å². The number of ether oxygens (including phenoxy) is 1. The van der Waals surface area contributed by atoms with Gasteiger partial charge in [0, 0.05) is 19.0 Å². The van der Waals surface area contributed by atoms with Crippen LogP contribution < -0.4 is 11.1 Å². The summed E-state index contributed by atoms with van der Waals surface area (Å²) < 4.78 is 5.57. The van der Waals surface area contributed by atoms with Gasteiger partial charge in [0.2, 0.25) is 0 Å². The van der Waals surface area contributed by atoms with E-state index in [0.717, 1.165) is 19.4 Å². The number of hydrogen-bond acceptors (Lipinski definition) is 6. The second-order valence-electron chi connectivity index (χ2n) is 4.87. The van der Waals surface area contributed by atoms with Crippen molar-refractivity contribution < 1.29 is 9.53 Å². The molecule has 0 saturated carbocycles. The second kappa shape index (κ2) is 5.34. The predicted octanol–water partition coefficient (Wildman–Crippen LogP) is 1.57. The van der Waals surface area contributed by atoms with E-state index in [-0.39, 0.29) is 18.1 Å². The van der Waals surface area contributed by atoms with Gasteiger partial charge < -0.3 is 15.8 Å². The first-order valence-corrected chi connectivity index (χ1v) is 7.40. The van der Waals surface area contributed by atoms with E-state index in [9.17, 15) is 4.79 Å². The molecule has 3 rings (SSSR count). The van der Waals surface area contributed by atoms with Crippen molar-refractivity contribution in [2.45, 2.75) is 31.9 Å². The number of carbonyl (C=O) groups is 1. The van der Waals surface area contributed by atoms with Crippen molar-refractivity contribution in [3.63, 3.8) is 0 Å². The first-order valence-electron chi connectivity index (χ1n) is 6.58. The van der Waals surface area contributed by atoms with Crippen molar-refractivity contribution in [3.05, 3.63) is 17.3 Å². The molecule has 2 aromatic heterocycles. The Morgan fingerprint density at radius 2 is 2.35 bits per heavy atom. The highest BCUT2D eigenvalue weighted by molar-refractivity contribution is 7.21. The highest BCUT2D eigenvalue weighted by atomic mass is 32.1. The number of nitrogens with one attached hydrogen (secondary N) is 1. The van der Waals surface area contributed by atoms with Crippen LogP contribution in [0.25, 0.3) is 10.3 Å². The number of nitrogen functional groups attached to an aromatic ring is 1. The van der Waals surface area contributed by atoms with Crippen LogP contribution >= 0.6 is 11.3 Å². The Balaban J connectivity index is 1.80. The monoisotopic (exact) mass is 292 g/mol. The number of amides is 1. The number of fused-ring (bicyclic) bond motifs is 1. The van der Waals surface area contributed by atoms with Gasteiger partial charge in [-0.25, -0.2) is 9.97 Å². The first kappa shape index (κ1) is 13.3. The average molecular weight is 292 g/mol. The molecule has 0 radical (unpaired) electrons. The van der Waals surface area contributed by atoms with Crippen LogP contribution in [-0.4, -0.2) is 34.6 Å². The molecular weight excluding hydrogens is 276 g/mol. The molecule has 2 atom stereocenters. The summed E-state index contributed by atoms with van der Waals surface area (Å²) in [5.41, 5.74) is 6.97. The fraction of sp³-hybridized carbons (Fsp3) is 0.462. The zero-order valence-electron chi connectivity index (χ0n) is 11.1. The zero-order valence-corrected chi connectivity index (χ0v) is 11.9. The molecule has 1 aliphatic heterocycles. The molecule has 1 aliphatic rings. The van der Waals surface area contributed by atoms with Crippen molar-refractivity contribution in [3.8, 4) is 0 Å². The van der Waals surface area contributed by atoms with Gasteiger partial charge in [-0.05, 0) is 19.8 Å². The Morgan fingerprint density at radius 1 is 1.55 bits per heavy atom. The summed E-state index contributed by atoms with van der Waals surface area (Å²) in [6, 6.07) is -0.0319. The minimum atomic E-state index is -0.185. The van der Waals surface area contributed by atoms with Gasteiger partial charge in [0.1, 0.15) is 15.2 Å². The maximum atomic E-state index is 12.3. The van der Waals surface area contributed by atoms with Crippen LogP contribution in [0.5, 0.6) is 0 Å². The molecule has 20 heavy (non-hydrogen) atoms. The molecule has 2 aromatic rings. The summed E-state index contributed by atoms with van der Waals surface area (Å²) in [6.07, 6.45) is 5.28. The van der Waals surface area contributed by atoms with Crippen LogP contribution in [0.4, 0.5) is 5.69 Å². The topological polar surface area (TPSA) is 90.1 Å². The highest BCUT2D eigenvalue weighted by Gasteiger charge is 2.26. The van der Waals surface area contributed by atoms with Crippen molar-refractivity contribution in [1.29, 1.82) is 0 Å². The largest absolute Gasteiger partial charge is 0.396 e. The molecule has 2 unspecified atom stereocenters. The number of hydrogen-bond donors (Lipinski definition) is 2. The van der Waals surface area contributed by atoms with Gasteiger partial charge in [-0.1, -0.05) is 0 Å². The molecule has 1 amide bonds. The maximum absolute atomic E-state index is 12.3. The third-order valence-electron chi connectivity index (χ3n) is 3.45. The summed E-state index contributed by atoms with van der Waals surface area (Å²) in [5, 5.41) is 2.95. The minimum absolute atomic E-state index is 0.0319. The molecule has 1 fully saturated rings. The number of aromatic nitrogens is 2. The fourth-order valence-corrected chi connectivity index (χ4v) is 3.30. The summed E-state index contributed by atoms with van der Waals surface area (Å²) in [4.78, 5) is 21.8. The molecule has 0 spiro atoms. The molecule has 0 bridgehead atoms. The van der Waals surface area contributed by atoms with Crippen molar-refractivity contribution >= 4 is 33.3 Å². The number of thiophene rings is 1. The lowest BCUT2D eigenvalue weighted by molar-refractivity contribution is 0.0715. The Bertz CT molecular complexity index is 636. The zero-order chi connectivity index (χ0) is 14.1. The lowest BCUT2D eigenvalue weighted by Gasteiger charge is -2.19.